The van der Waals surface area contributed by atoms with Crippen LogP contribution < -0.4 is 14.4 Å². The van der Waals surface area contributed by atoms with E-state index in [1.165, 1.54) is 44.5 Å². The van der Waals surface area contributed by atoms with Crippen molar-refractivity contribution >= 4 is 21.6 Å². The first-order chi connectivity index (χ1) is 14.7. The molecule has 6 nitrogen and oxygen atoms in total. The Labute approximate surface area is 181 Å². The Bertz CT molecular complexity index is 1190. The van der Waals surface area contributed by atoms with Crippen molar-refractivity contribution in [1.29, 1.82) is 0 Å². The molecule has 3 rings (SSSR count). The van der Waals surface area contributed by atoms with Gasteiger partial charge in [-0.25, -0.2) is 12.8 Å². The number of anilines is 1. The monoisotopic (exact) mass is 442 g/mol. The number of sulfonamides is 1. The third-order valence-corrected chi connectivity index (χ3v) is 6.66. The highest BCUT2D eigenvalue weighted by Crippen LogP contribution is 2.24. The fraction of sp³-hybridized carbons (Fsp3) is 0.174. The number of carbonyl (C=O) groups is 1. The molecular weight excluding hydrogens is 419 g/mol. The van der Waals surface area contributed by atoms with Gasteiger partial charge in [0.1, 0.15) is 11.6 Å². The van der Waals surface area contributed by atoms with Gasteiger partial charge in [0.05, 0.1) is 17.7 Å². The van der Waals surface area contributed by atoms with E-state index < -0.39 is 15.9 Å². The van der Waals surface area contributed by atoms with Gasteiger partial charge >= 0.3 is 0 Å². The van der Waals surface area contributed by atoms with Crippen LogP contribution in [0, 0.1) is 12.7 Å². The van der Waals surface area contributed by atoms with Crippen LogP contribution in [0.4, 0.5) is 10.1 Å². The first kappa shape index (κ1) is 22.3. The van der Waals surface area contributed by atoms with E-state index in [0.29, 0.717) is 22.6 Å². The zero-order valence-electron chi connectivity index (χ0n) is 17.4. The average molecular weight is 443 g/mol. The molecule has 0 unspecified atom stereocenters. The van der Waals surface area contributed by atoms with Gasteiger partial charge in [0.15, 0.2) is 0 Å². The lowest BCUT2D eigenvalue weighted by molar-refractivity contribution is 0.0950. The number of aryl methyl sites for hydroxylation is 1. The van der Waals surface area contributed by atoms with Crippen LogP contribution in [0.25, 0.3) is 0 Å². The number of methoxy groups -OCH3 is 1. The van der Waals surface area contributed by atoms with Gasteiger partial charge in [-0.15, -0.1) is 0 Å². The predicted molar refractivity (Wildman–Crippen MR) is 117 cm³/mol. The predicted octanol–water partition coefficient (Wildman–Crippen LogP) is 3.90. The average Bonchev–Trinajstić information content (AvgIpc) is 2.79. The highest BCUT2D eigenvalue weighted by Gasteiger charge is 2.22. The Morgan fingerprint density at radius 2 is 1.77 bits per heavy atom. The summed E-state index contributed by atoms with van der Waals surface area (Å²) in [7, 11) is -0.913. The summed E-state index contributed by atoms with van der Waals surface area (Å²) >= 11 is 0. The zero-order chi connectivity index (χ0) is 22.6. The number of benzene rings is 3. The largest absolute Gasteiger partial charge is 0.497 e. The molecular formula is C23H23FN2O4S. The molecule has 1 amide bonds. The highest BCUT2D eigenvalue weighted by atomic mass is 32.2. The van der Waals surface area contributed by atoms with E-state index in [1.54, 1.807) is 43.3 Å². The van der Waals surface area contributed by atoms with Gasteiger partial charge in [0.2, 0.25) is 0 Å². The molecule has 0 bridgehead atoms. The van der Waals surface area contributed by atoms with Crippen molar-refractivity contribution < 1.29 is 22.3 Å². The van der Waals surface area contributed by atoms with Crippen molar-refractivity contribution in [3.8, 4) is 5.75 Å². The first-order valence-electron chi connectivity index (χ1n) is 9.48. The Balaban J connectivity index is 1.77. The van der Waals surface area contributed by atoms with E-state index in [-0.39, 0.29) is 22.8 Å². The Kier molecular flexibility index (Phi) is 6.60. The van der Waals surface area contributed by atoms with Gasteiger partial charge < -0.3 is 10.1 Å². The third kappa shape index (κ3) is 5.03. The van der Waals surface area contributed by atoms with Crippen molar-refractivity contribution in [2.45, 2.75) is 18.4 Å². The minimum Gasteiger partial charge on any atom is -0.497 e. The smallest absolute Gasteiger partial charge is 0.264 e. The second kappa shape index (κ2) is 9.18. The summed E-state index contributed by atoms with van der Waals surface area (Å²) in [6.07, 6.45) is 0. The fourth-order valence-corrected chi connectivity index (χ4v) is 4.16. The Morgan fingerprint density at radius 3 is 2.42 bits per heavy atom. The molecule has 0 saturated carbocycles. The molecule has 0 fully saturated rings. The second-order valence-electron chi connectivity index (χ2n) is 6.96. The minimum atomic E-state index is -3.88. The van der Waals surface area contributed by atoms with E-state index in [0.717, 1.165) is 4.31 Å². The van der Waals surface area contributed by atoms with Crippen LogP contribution in [0.15, 0.2) is 71.6 Å². The molecule has 0 spiro atoms. The first-order valence-corrected chi connectivity index (χ1v) is 10.9. The fourth-order valence-electron chi connectivity index (χ4n) is 2.92. The molecule has 8 heteroatoms. The van der Waals surface area contributed by atoms with Crippen molar-refractivity contribution in [2.75, 3.05) is 18.5 Å². The number of carbonyl (C=O) groups excluding carboxylic acids is 1. The molecule has 0 aromatic heterocycles. The van der Waals surface area contributed by atoms with Crippen molar-refractivity contribution in [3.63, 3.8) is 0 Å². The number of halogens is 1. The number of ether oxygens (including phenoxy) is 1. The lowest BCUT2D eigenvalue weighted by atomic mass is 10.1. The van der Waals surface area contributed by atoms with E-state index in [1.807, 2.05) is 0 Å². The van der Waals surface area contributed by atoms with Crippen molar-refractivity contribution in [2.24, 2.45) is 0 Å². The third-order valence-electron chi connectivity index (χ3n) is 4.88. The molecule has 31 heavy (non-hydrogen) atoms. The van der Waals surface area contributed by atoms with Crippen molar-refractivity contribution in [1.82, 2.24) is 5.32 Å². The summed E-state index contributed by atoms with van der Waals surface area (Å²) in [5.41, 5.74) is 1.78. The van der Waals surface area contributed by atoms with Gasteiger partial charge in [-0.05, 0) is 66.6 Å². The summed E-state index contributed by atoms with van der Waals surface area (Å²) in [5.74, 6) is -0.187. The van der Waals surface area contributed by atoms with Crippen LogP contribution in [-0.4, -0.2) is 28.5 Å². The summed E-state index contributed by atoms with van der Waals surface area (Å²) in [6.45, 7) is 1.78. The summed E-state index contributed by atoms with van der Waals surface area (Å²) in [6, 6.07) is 17.1. The molecule has 3 aromatic carbocycles. The minimum absolute atomic E-state index is 0.0140. The maximum Gasteiger partial charge on any atom is 0.264 e. The van der Waals surface area contributed by atoms with E-state index in [4.69, 9.17) is 4.74 Å². The molecule has 3 aromatic rings. The van der Waals surface area contributed by atoms with Gasteiger partial charge in [-0.1, -0.05) is 18.2 Å². The quantitative estimate of drug-likeness (QED) is 0.602. The zero-order valence-corrected chi connectivity index (χ0v) is 18.2. The maximum atomic E-state index is 13.7. The molecule has 0 aliphatic carbocycles. The van der Waals surface area contributed by atoms with E-state index in [9.17, 15) is 17.6 Å². The normalized spacial score (nSPS) is 11.1. The standard InChI is InChI=1S/C23H23FN2O4S/c1-16-7-8-17(13-22(16)24)15-25-23(27)18-5-4-6-21(14-18)31(28,29)26(2)19-9-11-20(30-3)12-10-19/h4-14H,15H2,1-3H3,(H,25,27). The molecule has 0 radical (unpaired) electrons. The van der Waals surface area contributed by atoms with Gasteiger partial charge in [0.25, 0.3) is 15.9 Å². The van der Waals surface area contributed by atoms with E-state index in [2.05, 4.69) is 5.32 Å². The SMILES string of the molecule is COc1ccc(N(C)S(=O)(=O)c2cccc(C(=O)NCc3ccc(C)c(F)c3)c2)cc1. The lowest BCUT2D eigenvalue weighted by Gasteiger charge is -2.20. The number of rotatable bonds is 7. The Morgan fingerprint density at radius 1 is 1.06 bits per heavy atom. The van der Waals surface area contributed by atoms with Crippen LogP contribution in [0.2, 0.25) is 0 Å². The molecule has 0 aliphatic heterocycles. The molecule has 0 heterocycles. The van der Waals surface area contributed by atoms with Crippen LogP contribution >= 0.6 is 0 Å². The Hall–Kier alpha value is -3.39. The molecule has 0 saturated heterocycles. The molecule has 162 valence electrons. The number of hydrogen-bond acceptors (Lipinski definition) is 4. The van der Waals surface area contributed by atoms with Gasteiger partial charge in [-0.2, -0.15) is 0 Å². The number of nitrogens with zero attached hydrogens (tertiary/aromatic N) is 1. The molecule has 0 aliphatic rings. The van der Waals surface area contributed by atoms with E-state index >= 15 is 0 Å². The van der Waals surface area contributed by atoms with Crippen molar-refractivity contribution in [3.05, 3.63) is 89.2 Å². The number of amides is 1. The highest BCUT2D eigenvalue weighted by molar-refractivity contribution is 7.92. The maximum absolute atomic E-state index is 13.7. The summed E-state index contributed by atoms with van der Waals surface area (Å²) < 4.78 is 46.0. The molecule has 1 N–H and O–H groups in total. The van der Waals surface area contributed by atoms with Gasteiger partial charge in [0, 0.05) is 19.2 Å². The number of hydrogen-bond donors (Lipinski definition) is 1. The van der Waals surface area contributed by atoms with Crippen LogP contribution in [-0.2, 0) is 16.6 Å². The summed E-state index contributed by atoms with van der Waals surface area (Å²) in [4.78, 5) is 12.5. The summed E-state index contributed by atoms with van der Waals surface area (Å²) in [5, 5.41) is 2.69. The van der Waals surface area contributed by atoms with Crippen LogP contribution in [0.3, 0.4) is 0 Å². The van der Waals surface area contributed by atoms with Crippen LogP contribution in [0.1, 0.15) is 21.5 Å². The van der Waals surface area contributed by atoms with Crippen LogP contribution in [0.5, 0.6) is 5.75 Å². The lowest BCUT2D eigenvalue weighted by Crippen LogP contribution is -2.27. The topological polar surface area (TPSA) is 75.7 Å². The second-order valence-corrected chi connectivity index (χ2v) is 8.93. The van der Waals surface area contributed by atoms with Gasteiger partial charge in [-0.3, -0.25) is 9.10 Å². The molecule has 0 atom stereocenters. The number of nitrogens with one attached hydrogen (secondary N) is 1.